The van der Waals surface area contributed by atoms with E-state index < -0.39 is 5.82 Å². The van der Waals surface area contributed by atoms with Crippen LogP contribution < -0.4 is 5.32 Å². The fourth-order valence-electron chi connectivity index (χ4n) is 1.39. The van der Waals surface area contributed by atoms with Gasteiger partial charge in [-0.3, -0.25) is 0 Å². The molecule has 96 valence electrons. The molecule has 4 nitrogen and oxygen atoms in total. The first-order valence-corrected chi connectivity index (χ1v) is 5.96. The number of hydrogen-bond donors (Lipinski definition) is 1. The second kappa shape index (κ2) is 5.46. The summed E-state index contributed by atoms with van der Waals surface area (Å²) in [7, 11) is 0. The number of aromatic nitrogens is 2. The molecule has 1 aromatic heterocycles. The Balaban J connectivity index is 2.21. The topological polar surface area (TPSA) is 51.0 Å². The third-order valence-electron chi connectivity index (χ3n) is 2.31. The van der Waals surface area contributed by atoms with E-state index >= 15 is 0 Å². The molecule has 0 atom stereocenters. The molecule has 6 heteroatoms. The Morgan fingerprint density at radius 2 is 2.17 bits per heavy atom. The SMILES string of the molecule is CC(C)NCc1nnc(-c2cccc(F)c2Cl)o1. The van der Waals surface area contributed by atoms with E-state index in [9.17, 15) is 4.39 Å². The molecular formula is C12H13ClFN3O. The van der Waals surface area contributed by atoms with Crippen LogP contribution in [0.15, 0.2) is 22.6 Å². The highest BCUT2D eigenvalue weighted by Crippen LogP contribution is 2.28. The van der Waals surface area contributed by atoms with Crippen LogP contribution in [0.2, 0.25) is 5.02 Å². The summed E-state index contributed by atoms with van der Waals surface area (Å²) in [5.41, 5.74) is 0.403. The quantitative estimate of drug-likeness (QED) is 0.927. The van der Waals surface area contributed by atoms with Crippen LogP contribution in [0.1, 0.15) is 19.7 Å². The van der Waals surface area contributed by atoms with Crippen molar-refractivity contribution in [1.82, 2.24) is 15.5 Å². The highest BCUT2D eigenvalue weighted by Gasteiger charge is 2.14. The summed E-state index contributed by atoms with van der Waals surface area (Å²) in [4.78, 5) is 0. The molecule has 0 aliphatic carbocycles. The van der Waals surface area contributed by atoms with Gasteiger partial charge in [0.15, 0.2) is 0 Å². The third kappa shape index (κ3) is 2.86. The Morgan fingerprint density at radius 3 is 2.89 bits per heavy atom. The zero-order chi connectivity index (χ0) is 13.1. The minimum atomic E-state index is -0.505. The van der Waals surface area contributed by atoms with Gasteiger partial charge in [0.05, 0.1) is 17.1 Å². The van der Waals surface area contributed by atoms with Gasteiger partial charge in [0, 0.05) is 6.04 Å². The van der Waals surface area contributed by atoms with Crippen molar-refractivity contribution in [2.45, 2.75) is 26.4 Å². The number of halogens is 2. The van der Waals surface area contributed by atoms with Crippen molar-refractivity contribution in [3.05, 3.63) is 34.9 Å². The molecular weight excluding hydrogens is 257 g/mol. The summed E-state index contributed by atoms with van der Waals surface area (Å²) in [6, 6.07) is 4.78. The van der Waals surface area contributed by atoms with E-state index in [-0.39, 0.29) is 10.9 Å². The largest absolute Gasteiger partial charge is 0.419 e. The number of nitrogens with one attached hydrogen (secondary N) is 1. The summed E-state index contributed by atoms with van der Waals surface area (Å²) in [6.45, 7) is 4.50. The average molecular weight is 270 g/mol. The Morgan fingerprint density at radius 1 is 1.39 bits per heavy atom. The van der Waals surface area contributed by atoms with Crippen molar-refractivity contribution >= 4 is 11.6 Å². The van der Waals surface area contributed by atoms with Gasteiger partial charge in [-0.05, 0) is 12.1 Å². The van der Waals surface area contributed by atoms with E-state index in [1.807, 2.05) is 13.8 Å². The monoisotopic (exact) mass is 269 g/mol. The predicted molar refractivity (Wildman–Crippen MR) is 66.7 cm³/mol. The second-order valence-electron chi connectivity index (χ2n) is 4.14. The van der Waals surface area contributed by atoms with E-state index in [1.165, 1.54) is 6.07 Å². The fraction of sp³-hybridized carbons (Fsp3) is 0.333. The number of nitrogens with zero attached hydrogens (tertiary/aromatic N) is 2. The van der Waals surface area contributed by atoms with Crippen molar-refractivity contribution in [3.63, 3.8) is 0 Å². The van der Waals surface area contributed by atoms with Gasteiger partial charge < -0.3 is 9.73 Å². The summed E-state index contributed by atoms with van der Waals surface area (Å²) >= 11 is 5.85. The zero-order valence-electron chi connectivity index (χ0n) is 10.1. The fourth-order valence-corrected chi connectivity index (χ4v) is 1.60. The lowest BCUT2D eigenvalue weighted by Crippen LogP contribution is -2.21. The summed E-state index contributed by atoms with van der Waals surface area (Å²) in [5.74, 6) is 0.160. The van der Waals surface area contributed by atoms with Crippen molar-refractivity contribution < 1.29 is 8.81 Å². The molecule has 2 aromatic rings. The van der Waals surface area contributed by atoms with Crippen molar-refractivity contribution in [2.75, 3.05) is 0 Å². The van der Waals surface area contributed by atoms with Gasteiger partial charge in [0.2, 0.25) is 11.8 Å². The first-order chi connectivity index (χ1) is 8.58. The maximum Gasteiger partial charge on any atom is 0.249 e. The highest BCUT2D eigenvalue weighted by molar-refractivity contribution is 6.33. The third-order valence-corrected chi connectivity index (χ3v) is 2.69. The first-order valence-electron chi connectivity index (χ1n) is 5.58. The van der Waals surface area contributed by atoms with Crippen LogP contribution in [0, 0.1) is 5.82 Å². The van der Waals surface area contributed by atoms with Crippen LogP contribution in [0.5, 0.6) is 0 Å². The molecule has 0 radical (unpaired) electrons. The van der Waals surface area contributed by atoms with E-state index in [2.05, 4.69) is 15.5 Å². The van der Waals surface area contributed by atoms with Gasteiger partial charge >= 0.3 is 0 Å². The Bertz CT molecular complexity index is 542. The van der Waals surface area contributed by atoms with Crippen LogP contribution in [-0.2, 0) is 6.54 Å². The molecule has 0 bridgehead atoms. The Labute approximate surface area is 109 Å². The molecule has 0 saturated carbocycles. The Kier molecular flexibility index (Phi) is 3.93. The molecule has 18 heavy (non-hydrogen) atoms. The second-order valence-corrected chi connectivity index (χ2v) is 4.52. The van der Waals surface area contributed by atoms with Gasteiger partial charge in [-0.1, -0.05) is 31.5 Å². The molecule has 0 aliphatic rings. The zero-order valence-corrected chi connectivity index (χ0v) is 10.8. The van der Waals surface area contributed by atoms with Crippen LogP contribution in [0.3, 0.4) is 0 Å². The van der Waals surface area contributed by atoms with Crippen molar-refractivity contribution in [1.29, 1.82) is 0 Å². The van der Waals surface area contributed by atoms with Crippen molar-refractivity contribution in [3.8, 4) is 11.5 Å². The lowest BCUT2D eigenvalue weighted by Gasteiger charge is -2.03. The lowest BCUT2D eigenvalue weighted by molar-refractivity contribution is 0.458. The molecule has 0 amide bonds. The summed E-state index contributed by atoms with van der Waals surface area (Å²) in [6.07, 6.45) is 0. The molecule has 1 heterocycles. The van der Waals surface area contributed by atoms with Gasteiger partial charge in [-0.2, -0.15) is 0 Å². The van der Waals surface area contributed by atoms with Gasteiger partial charge in [0.1, 0.15) is 5.82 Å². The minimum Gasteiger partial charge on any atom is -0.419 e. The molecule has 0 aliphatic heterocycles. The molecule has 1 N–H and O–H groups in total. The maximum absolute atomic E-state index is 13.3. The molecule has 2 rings (SSSR count). The van der Waals surface area contributed by atoms with Gasteiger partial charge in [-0.15, -0.1) is 10.2 Å². The van der Waals surface area contributed by atoms with Crippen LogP contribution in [0.25, 0.3) is 11.5 Å². The smallest absolute Gasteiger partial charge is 0.249 e. The van der Waals surface area contributed by atoms with Crippen LogP contribution in [0.4, 0.5) is 4.39 Å². The normalized spacial score (nSPS) is 11.2. The van der Waals surface area contributed by atoms with Crippen LogP contribution in [-0.4, -0.2) is 16.2 Å². The van der Waals surface area contributed by atoms with Gasteiger partial charge in [0.25, 0.3) is 0 Å². The van der Waals surface area contributed by atoms with E-state index in [0.717, 1.165) is 0 Å². The molecule has 0 saturated heterocycles. The first kappa shape index (κ1) is 13.0. The van der Waals surface area contributed by atoms with E-state index in [0.29, 0.717) is 24.0 Å². The van der Waals surface area contributed by atoms with Crippen molar-refractivity contribution in [2.24, 2.45) is 0 Å². The number of hydrogen-bond acceptors (Lipinski definition) is 4. The van der Waals surface area contributed by atoms with E-state index in [4.69, 9.17) is 16.0 Å². The Hall–Kier alpha value is -1.46. The number of rotatable bonds is 4. The lowest BCUT2D eigenvalue weighted by atomic mass is 10.2. The number of benzene rings is 1. The average Bonchev–Trinajstić information content (AvgIpc) is 2.78. The van der Waals surface area contributed by atoms with Gasteiger partial charge in [-0.25, -0.2) is 4.39 Å². The molecule has 0 fully saturated rings. The predicted octanol–water partition coefficient (Wildman–Crippen LogP) is 3.03. The van der Waals surface area contributed by atoms with Crippen LogP contribution >= 0.6 is 11.6 Å². The molecule has 0 unspecified atom stereocenters. The molecule has 1 aromatic carbocycles. The maximum atomic E-state index is 13.3. The standard InChI is InChI=1S/C12H13ClFN3O/c1-7(2)15-6-10-16-17-12(18-10)8-4-3-5-9(14)11(8)13/h3-5,7,15H,6H2,1-2H3. The highest BCUT2D eigenvalue weighted by atomic mass is 35.5. The van der Waals surface area contributed by atoms with E-state index in [1.54, 1.807) is 12.1 Å². The summed E-state index contributed by atoms with van der Waals surface area (Å²) in [5, 5.41) is 10.9. The minimum absolute atomic E-state index is 0.00970. The summed E-state index contributed by atoms with van der Waals surface area (Å²) < 4.78 is 18.7. The molecule has 0 spiro atoms.